The Morgan fingerprint density at radius 3 is 2.14 bits per heavy atom. The van der Waals surface area contributed by atoms with E-state index in [1.165, 1.54) is 0 Å². The smallest absolute Gasteiger partial charge is 0.241 e. The van der Waals surface area contributed by atoms with E-state index in [2.05, 4.69) is 66.1 Å². The standard InChI is InChI=1S/C16H32O3Si2/c1-12-14(18-21(7,8)9)15(2)11-10-13(16(12,3)19-15)17-20(4,5)6/h10,12,14H,11H2,1-9H3/t12-,14-,15+,16+/m1/s1. The van der Waals surface area contributed by atoms with Gasteiger partial charge >= 0.3 is 0 Å². The zero-order chi connectivity index (χ0) is 16.3. The van der Waals surface area contributed by atoms with Crippen LogP contribution in [0, 0.1) is 5.92 Å². The maximum atomic E-state index is 6.53. The van der Waals surface area contributed by atoms with Crippen molar-refractivity contribution in [1.29, 1.82) is 0 Å². The van der Waals surface area contributed by atoms with Gasteiger partial charge in [-0.2, -0.15) is 0 Å². The second kappa shape index (κ2) is 4.95. The molecule has 2 bridgehead atoms. The Bertz CT molecular complexity index is 449. The lowest BCUT2D eigenvalue weighted by atomic mass is 9.86. The summed E-state index contributed by atoms with van der Waals surface area (Å²) in [6.07, 6.45) is 3.28. The molecule has 0 spiro atoms. The summed E-state index contributed by atoms with van der Waals surface area (Å²) in [5.74, 6) is 1.34. The van der Waals surface area contributed by atoms with Crippen LogP contribution in [0.5, 0.6) is 0 Å². The van der Waals surface area contributed by atoms with Crippen molar-refractivity contribution < 1.29 is 13.6 Å². The maximum absolute atomic E-state index is 6.53. The number of rotatable bonds is 4. The van der Waals surface area contributed by atoms with Gasteiger partial charge in [0.1, 0.15) is 11.4 Å². The van der Waals surface area contributed by atoms with Crippen LogP contribution in [-0.4, -0.2) is 33.9 Å². The molecule has 2 aliphatic rings. The van der Waals surface area contributed by atoms with Gasteiger partial charge in [-0.15, -0.1) is 0 Å². The fourth-order valence-corrected chi connectivity index (χ4v) is 5.63. The van der Waals surface area contributed by atoms with Gasteiger partial charge in [-0.05, 0) is 59.2 Å². The van der Waals surface area contributed by atoms with Gasteiger partial charge < -0.3 is 13.6 Å². The largest absolute Gasteiger partial charge is 0.545 e. The summed E-state index contributed by atoms with van der Waals surface area (Å²) in [6, 6.07) is 0. The molecule has 1 saturated heterocycles. The highest BCUT2D eigenvalue weighted by molar-refractivity contribution is 6.70. The summed E-state index contributed by atoms with van der Waals surface area (Å²) in [6.45, 7) is 20.0. The van der Waals surface area contributed by atoms with Crippen molar-refractivity contribution in [3.8, 4) is 0 Å². The first kappa shape index (κ1) is 17.3. The third-order valence-electron chi connectivity index (χ3n) is 4.45. The molecule has 0 aliphatic carbocycles. The summed E-state index contributed by atoms with van der Waals surface area (Å²) in [5, 5.41) is 0. The Hall–Kier alpha value is -0.106. The van der Waals surface area contributed by atoms with Crippen LogP contribution >= 0.6 is 0 Å². The van der Waals surface area contributed by atoms with Gasteiger partial charge in [0.15, 0.2) is 8.32 Å². The van der Waals surface area contributed by atoms with Crippen LogP contribution in [0.15, 0.2) is 11.8 Å². The maximum Gasteiger partial charge on any atom is 0.241 e. The first-order valence-corrected chi connectivity index (χ1v) is 14.9. The normalized spacial score (nSPS) is 40.1. The molecule has 0 radical (unpaired) electrons. The first-order chi connectivity index (χ1) is 9.27. The summed E-state index contributed by atoms with van der Waals surface area (Å²) >= 11 is 0. The molecule has 0 aromatic rings. The zero-order valence-corrected chi connectivity index (χ0v) is 17.2. The Morgan fingerprint density at radius 2 is 1.67 bits per heavy atom. The van der Waals surface area contributed by atoms with Crippen molar-refractivity contribution in [3.63, 3.8) is 0 Å². The Balaban J connectivity index is 2.31. The molecular formula is C16H32O3Si2. The lowest BCUT2D eigenvalue weighted by Crippen LogP contribution is -2.45. The zero-order valence-electron chi connectivity index (χ0n) is 15.2. The molecule has 122 valence electrons. The van der Waals surface area contributed by atoms with Gasteiger partial charge in [-0.3, -0.25) is 0 Å². The highest BCUT2D eigenvalue weighted by atomic mass is 28.4. The molecule has 0 saturated carbocycles. The minimum Gasteiger partial charge on any atom is -0.545 e. The van der Waals surface area contributed by atoms with Crippen LogP contribution in [0.25, 0.3) is 0 Å². The quantitative estimate of drug-likeness (QED) is 0.710. The lowest BCUT2D eigenvalue weighted by Gasteiger charge is -2.40. The van der Waals surface area contributed by atoms with Gasteiger partial charge in [0.25, 0.3) is 0 Å². The molecule has 0 aromatic carbocycles. The van der Waals surface area contributed by atoms with E-state index >= 15 is 0 Å². The van der Waals surface area contributed by atoms with E-state index < -0.39 is 16.6 Å². The molecular weight excluding hydrogens is 296 g/mol. The Kier molecular flexibility index (Phi) is 4.06. The van der Waals surface area contributed by atoms with Gasteiger partial charge in [-0.25, -0.2) is 0 Å². The molecule has 5 heteroatoms. The van der Waals surface area contributed by atoms with E-state index in [1.807, 2.05) is 0 Å². The molecule has 4 atom stereocenters. The minimum atomic E-state index is -1.63. The highest BCUT2D eigenvalue weighted by Gasteiger charge is 2.62. The minimum absolute atomic E-state index is 0.146. The van der Waals surface area contributed by atoms with E-state index in [4.69, 9.17) is 13.6 Å². The number of hydrogen-bond donors (Lipinski definition) is 0. The molecule has 0 N–H and O–H groups in total. The van der Waals surface area contributed by atoms with Crippen LogP contribution in [0.3, 0.4) is 0 Å². The molecule has 0 unspecified atom stereocenters. The van der Waals surface area contributed by atoms with Crippen molar-refractivity contribution >= 4 is 16.6 Å². The summed E-state index contributed by atoms with van der Waals surface area (Å²) in [5.41, 5.74) is -0.571. The molecule has 0 aromatic heterocycles. The topological polar surface area (TPSA) is 27.7 Å². The summed E-state index contributed by atoms with van der Waals surface area (Å²) < 4.78 is 19.4. The van der Waals surface area contributed by atoms with E-state index in [-0.39, 0.29) is 17.3 Å². The predicted molar refractivity (Wildman–Crippen MR) is 92.4 cm³/mol. The third kappa shape index (κ3) is 3.31. The number of hydrogen-bond acceptors (Lipinski definition) is 3. The van der Waals surface area contributed by atoms with Gasteiger partial charge in [0.2, 0.25) is 8.32 Å². The van der Waals surface area contributed by atoms with Crippen LogP contribution in [0.2, 0.25) is 39.3 Å². The average molecular weight is 329 g/mol. The lowest BCUT2D eigenvalue weighted by molar-refractivity contribution is -0.112. The van der Waals surface area contributed by atoms with E-state index in [0.717, 1.165) is 12.2 Å². The fraction of sp³-hybridized carbons (Fsp3) is 0.875. The van der Waals surface area contributed by atoms with E-state index in [0.29, 0.717) is 5.92 Å². The number of ether oxygens (including phenoxy) is 1. The molecule has 1 fully saturated rings. The summed E-state index contributed by atoms with van der Waals surface area (Å²) in [4.78, 5) is 0. The second-order valence-electron chi connectivity index (χ2n) is 8.95. The first-order valence-electron chi connectivity index (χ1n) is 8.04. The molecule has 21 heavy (non-hydrogen) atoms. The Morgan fingerprint density at radius 1 is 1.10 bits per heavy atom. The van der Waals surface area contributed by atoms with Gasteiger partial charge in [-0.1, -0.05) is 6.92 Å². The van der Waals surface area contributed by atoms with Crippen LogP contribution < -0.4 is 0 Å². The van der Waals surface area contributed by atoms with Gasteiger partial charge in [0, 0.05) is 12.3 Å². The predicted octanol–water partition coefficient (Wildman–Crippen LogP) is 4.53. The monoisotopic (exact) mass is 328 g/mol. The van der Waals surface area contributed by atoms with Crippen molar-refractivity contribution in [2.75, 3.05) is 0 Å². The van der Waals surface area contributed by atoms with Gasteiger partial charge in [0.05, 0.1) is 11.7 Å². The summed E-state index contributed by atoms with van der Waals surface area (Å²) in [7, 11) is -3.24. The SMILES string of the molecule is C[C@@H]1[C@@H](O[Si](C)(C)C)[C@]2(C)CC=C(O[Si](C)(C)C)[C@@]1(C)O2. The highest BCUT2D eigenvalue weighted by Crippen LogP contribution is 2.53. The van der Waals surface area contributed by atoms with Crippen LogP contribution in [0.1, 0.15) is 27.2 Å². The second-order valence-corrected chi connectivity index (χ2v) is 17.8. The molecule has 2 heterocycles. The van der Waals surface area contributed by atoms with Crippen molar-refractivity contribution in [1.82, 2.24) is 0 Å². The van der Waals surface area contributed by atoms with E-state index in [9.17, 15) is 0 Å². The van der Waals surface area contributed by atoms with Crippen molar-refractivity contribution in [3.05, 3.63) is 11.8 Å². The molecule has 2 rings (SSSR count). The van der Waals surface area contributed by atoms with E-state index in [1.54, 1.807) is 0 Å². The molecule has 0 amide bonds. The van der Waals surface area contributed by atoms with Crippen molar-refractivity contribution in [2.24, 2.45) is 5.92 Å². The average Bonchev–Trinajstić information content (AvgIpc) is 2.40. The number of fused-ring (bicyclic) bond motifs is 2. The van der Waals surface area contributed by atoms with Crippen LogP contribution in [-0.2, 0) is 13.6 Å². The Labute approximate surface area is 132 Å². The third-order valence-corrected chi connectivity index (χ3v) is 6.24. The fourth-order valence-electron chi connectivity index (χ4n) is 3.46. The molecule has 3 nitrogen and oxygen atoms in total. The van der Waals surface area contributed by atoms with Crippen molar-refractivity contribution in [2.45, 2.75) is 83.8 Å². The molecule has 2 aliphatic heterocycles. The van der Waals surface area contributed by atoms with Crippen LogP contribution in [0.4, 0.5) is 0 Å².